The summed E-state index contributed by atoms with van der Waals surface area (Å²) in [6.07, 6.45) is 0. The third kappa shape index (κ3) is 3.41. The van der Waals surface area contributed by atoms with E-state index in [0.717, 1.165) is 5.54 Å². The second-order valence-corrected chi connectivity index (χ2v) is 17.9. The molecule has 3 nitrogen and oxygen atoms in total. The fourth-order valence-electron chi connectivity index (χ4n) is 2.07. The van der Waals surface area contributed by atoms with Crippen LogP contribution >= 0.6 is 11.8 Å². The lowest BCUT2D eigenvalue weighted by Gasteiger charge is -2.45. The molecule has 2 N–H and O–H groups in total. The van der Waals surface area contributed by atoms with E-state index >= 15 is 0 Å². The van der Waals surface area contributed by atoms with E-state index in [9.17, 15) is 0 Å². The van der Waals surface area contributed by atoms with Crippen LogP contribution in [0.3, 0.4) is 0 Å². The summed E-state index contributed by atoms with van der Waals surface area (Å²) < 4.78 is 9.99. The van der Waals surface area contributed by atoms with Crippen LogP contribution < -0.4 is 9.30 Å². The fourth-order valence-corrected chi connectivity index (χ4v) is 22.1. The first-order valence-electron chi connectivity index (χ1n) is 6.30. The first-order chi connectivity index (χ1) is 7.34. The van der Waals surface area contributed by atoms with Crippen molar-refractivity contribution in [3.63, 3.8) is 0 Å². The normalized spacial score (nSPS) is 33.0. The lowest BCUT2D eigenvalue weighted by atomic mass is 10.6. The van der Waals surface area contributed by atoms with Gasteiger partial charge in [-0.25, -0.2) is 3.75 Å². The first kappa shape index (κ1) is 14.9. The number of nitrogens with one attached hydrogen (secondary N) is 2. The van der Waals surface area contributed by atoms with Gasteiger partial charge in [0.1, 0.15) is 0 Å². The number of halogens is 1. The minimum atomic E-state index is -1.11. The van der Waals surface area contributed by atoms with Crippen molar-refractivity contribution in [3.05, 3.63) is 0 Å². The lowest BCUT2D eigenvalue weighted by molar-refractivity contribution is 0.796. The van der Waals surface area contributed by atoms with Crippen molar-refractivity contribution >= 4 is 39.1 Å². The second-order valence-electron chi connectivity index (χ2n) is 5.78. The van der Waals surface area contributed by atoms with Crippen LogP contribution in [0.5, 0.6) is 0 Å². The van der Waals surface area contributed by atoms with Gasteiger partial charge in [0.05, 0.1) is 0 Å². The highest BCUT2D eigenvalue weighted by atomic mass is 35.5. The van der Waals surface area contributed by atoms with Gasteiger partial charge in [0.2, 0.25) is 0 Å². The zero-order chi connectivity index (χ0) is 12.5. The Morgan fingerprint density at radius 2 is 1.19 bits per heavy atom. The first-order valence-corrected chi connectivity index (χ1v) is 12.0. The molecule has 1 aliphatic heterocycles. The molecule has 1 aliphatic rings. The van der Waals surface area contributed by atoms with Gasteiger partial charge in [-0.15, -0.1) is 0 Å². The summed E-state index contributed by atoms with van der Waals surface area (Å²) in [5.74, 6) is 0. The molecule has 0 aromatic heterocycles. The Morgan fingerprint density at radius 3 is 1.44 bits per heavy atom. The molecule has 0 aliphatic carbocycles. The van der Waals surface area contributed by atoms with Crippen molar-refractivity contribution in [2.45, 2.75) is 58.2 Å². The molecule has 0 aromatic carbocycles. The highest BCUT2D eigenvalue weighted by molar-refractivity contribution is 6.91. The molecular weight excluding hydrogens is 270 g/mol. The van der Waals surface area contributed by atoms with Crippen molar-refractivity contribution in [1.82, 2.24) is 13.0 Å². The van der Waals surface area contributed by atoms with Crippen molar-refractivity contribution in [3.8, 4) is 0 Å². The van der Waals surface area contributed by atoms with Gasteiger partial charge in [-0.05, 0) is 28.4 Å². The van der Waals surface area contributed by atoms with Gasteiger partial charge in [0.15, 0.2) is 27.4 Å². The van der Waals surface area contributed by atoms with Gasteiger partial charge in [0, 0.05) is 0 Å². The van der Waals surface area contributed by atoms with E-state index in [1.165, 1.54) is 0 Å². The minimum absolute atomic E-state index is 0.710. The van der Waals surface area contributed by atoms with Gasteiger partial charge in [-0.2, -0.15) is 0 Å². The quantitative estimate of drug-likeness (QED) is 0.611. The summed E-state index contributed by atoms with van der Waals surface area (Å²) in [5.41, 5.74) is 2.19. The van der Waals surface area contributed by atoms with Gasteiger partial charge >= 0.3 is 0 Å². The van der Waals surface area contributed by atoms with Crippen LogP contribution in [0.1, 0.15) is 41.5 Å². The molecule has 2 unspecified atom stereocenters. The molecule has 1 heterocycles. The molecular formula is C9H26ClN3Si3. The van der Waals surface area contributed by atoms with E-state index < -0.39 is 27.4 Å². The summed E-state index contributed by atoms with van der Waals surface area (Å²) in [6.45, 7) is 13.9. The Kier molecular flexibility index (Phi) is 5.70. The van der Waals surface area contributed by atoms with Gasteiger partial charge in [-0.1, -0.05) is 41.5 Å². The van der Waals surface area contributed by atoms with E-state index in [1.54, 1.807) is 0 Å². The largest absolute Gasteiger partial charge is 0.340 e. The third-order valence-electron chi connectivity index (χ3n) is 3.16. The predicted molar refractivity (Wildman–Crippen MR) is 80.7 cm³/mol. The Balaban J connectivity index is 2.80. The summed E-state index contributed by atoms with van der Waals surface area (Å²) in [6, 6.07) is 0. The third-order valence-corrected chi connectivity index (χ3v) is 16.9. The van der Waals surface area contributed by atoms with Crippen molar-refractivity contribution in [2.75, 3.05) is 0 Å². The second kappa shape index (κ2) is 6.12. The molecule has 0 saturated carbocycles. The molecule has 96 valence electrons. The summed E-state index contributed by atoms with van der Waals surface area (Å²) in [7, 11) is -3.19. The minimum Gasteiger partial charge on any atom is -0.340 e. The lowest BCUT2D eigenvalue weighted by Crippen LogP contribution is -2.75. The highest BCUT2D eigenvalue weighted by Crippen LogP contribution is 2.23. The SMILES string of the molecule is CC(C)[SiH]1N[SiH](C(C)C)N(Cl)[SiH](C(C)C)N1. The fraction of sp³-hybridized carbons (Fsp3) is 1.00. The molecule has 0 amide bonds. The number of hydrogen-bond acceptors (Lipinski definition) is 3. The molecule has 0 spiro atoms. The number of hydrogen-bond donors (Lipinski definition) is 2. The molecule has 1 saturated heterocycles. The molecule has 7 heteroatoms. The van der Waals surface area contributed by atoms with Gasteiger partial charge < -0.3 is 9.30 Å². The van der Waals surface area contributed by atoms with Crippen LogP contribution in [-0.4, -0.2) is 31.1 Å². The summed E-state index contributed by atoms with van der Waals surface area (Å²) in [5, 5.41) is 0. The Morgan fingerprint density at radius 1 is 0.812 bits per heavy atom. The zero-order valence-electron chi connectivity index (χ0n) is 11.3. The van der Waals surface area contributed by atoms with Crippen LogP contribution in [0.25, 0.3) is 0 Å². The Bertz CT molecular complexity index is 210. The topological polar surface area (TPSA) is 27.3 Å². The van der Waals surface area contributed by atoms with E-state index in [2.05, 4.69) is 54.6 Å². The van der Waals surface area contributed by atoms with E-state index in [1.807, 2.05) is 0 Å². The maximum atomic E-state index is 6.56. The highest BCUT2D eigenvalue weighted by Gasteiger charge is 2.40. The van der Waals surface area contributed by atoms with Crippen LogP contribution in [0, 0.1) is 0 Å². The van der Waals surface area contributed by atoms with E-state index in [-0.39, 0.29) is 0 Å². The van der Waals surface area contributed by atoms with Crippen LogP contribution in [0.15, 0.2) is 0 Å². The number of rotatable bonds is 3. The van der Waals surface area contributed by atoms with Crippen LogP contribution in [-0.2, 0) is 0 Å². The summed E-state index contributed by atoms with van der Waals surface area (Å²) >= 11 is 6.56. The van der Waals surface area contributed by atoms with Crippen molar-refractivity contribution in [2.24, 2.45) is 0 Å². The molecule has 1 fully saturated rings. The predicted octanol–water partition coefficient (Wildman–Crippen LogP) is 1.53. The smallest absolute Gasteiger partial charge is 0.193 e. The Labute approximate surface area is 110 Å². The Hall–Kier alpha value is 0.821. The number of nitrogens with zero attached hydrogens (tertiary/aromatic N) is 1. The molecule has 0 radical (unpaired) electrons. The average molecular weight is 296 g/mol. The maximum Gasteiger partial charge on any atom is 0.193 e. The van der Waals surface area contributed by atoms with Crippen molar-refractivity contribution < 1.29 is 0 Å². The van der Waals surface area contributed by atoms with Gasteiger partial charge in [0.25, 0.3) is 0 Å². The molecule has 16 heavy (non-hydrogen) atoms. The standard InChI is InChI=1S/C9H26ClN3Si3/c1-7(2)14-11-15(8(3)4)13(10)16(12-14)9(5)6/h7-9,11-12,14-16H,1-6H3. The molecule has 1 rings (SSSR count). The van der Waals surface area contributed by atoms with Crippen molar-refractivity contribution in [1.29, 1.82) is 0 Å². The molecule has 2 atom stereocenters. The monoisotopic (exact) mass is 295 g/mol. The van der Waals surface area contributed by atoms with Crippen LogP contribution in [0.2, 0.25) is 16.6 Å². The molecule has 0 aromatic rings. The summed E-state index contributed by atoms with van der Waals surface area (Å²) in [4.78, 5) is 0. The van der Waals surface area contributed by atoms with E-state index in [0.29, 0.717) is 11.1 Å². The maximum absolute atomic E-state index is 6.56. The zero-order valence-corrected chi connectivity index (χ0v) is 15.5. The van der Waals surface area contributed by atoms with E-state index in [4.69, 9.17) is 11.8 Å². The average Bonchev–Trinajstić information content (AvgIpc) is 2.16. The van der Waals surface area contributed by atoms with Gasteiger partial charge in [-0.3, -0.25) is 0 Å². The van der Waals surface area contributed by atoms with Crippen LogP contribution in [0.4, 0.5) is 0 Å². The molecule has 0 bridgehead atoms.